The highest BCUT2D eigenvalue weighted by atomic mass is 32.2. The Balaban J connectivity index is 0.736. The Bertz CT molecular complexity index is 2880. The molecule has 3 amide bonds. The topological polar surface area (TPSA) is 177 Å². The van der Waals surface area contributed by atoms with Crippen molar-refractivity contribution in [3.8, 4) is 16.9 Å². The first-order valence-electron chi connectivity index (χ1n) is 23.0. The number of aromatic nitrogens is 2. The average molecular weight is 935 g/mol. The van der Waals surface area contributed by atoms with Crippen LogP contribution in [0.4, 0.5) is 20.2 Å². The molecule has 2 aromatic heterocycles. The molecule has 0 aliphatic carbocycles. The van der Waals surface area contributed by atoms with Crippen molar-refractivity contribution in [2.45, 2.75) is 69.6 Å². The predicted octanol–water partition coefficient (Wildman–Crippen LogP) is 6.17. The molecular weight excluding hydrogens is 883 g/mol. The predicted molar refractivity (Wildman–Crippen MR) is 247 cm³/mol. The Kier molecular flexibility index (Phi) is 12.0. The van der Waals surface area contributed by atoms with E-state index in [1.165, 1.54) is 31.0 Å². The number of H-pyrrole nitrogens is 1. The summed E-state index contributed by atoms with van der Waals surface area (Å²) >= 11 is 0. The number of hydrogen-bond acceptors (Lipinski definition) is 10. The van der Waals surface area contributed by atoms with E-state index in [-0.39, 0.29) is 49.1 Å². The van der Waals surface area contributed by atoms with Crippen LogP contribution in [0.1, 0.15) is 88.3 Å². The van der Waals surface area contributed by atoms with E-state index < -0.39 is 51.2 Å². The highest BCUT2D eigenvalue weighted by Gasteiger charge is 2.40. The van der Waals surface area contributed by atoms with Gasteiger partial charge in [-0.05, 0) is 117 Å². The summed E-state index contributed by atoms with van der Waals surface area (Å²) in [6.45, 7) is 5.03. The average Bonchev–Trinajstić information content (AvgIpc) is 4.06. The normalized spacial score (nSPS) is 21.3. The monoisotopic (exact) mass is 934 g/mol. The maximum Gasteiger partial charge on any atom is 0.301 e. The number of carbonyl (C=O) groups is 4. The lowest BCUT2D eigenvalue weighted by Gasteiger charge is -2.38. The summed E-state index contributed by atoms with van der Waals surface area (Å²) in [5.74, 6) is -1.72. The van der Waals surface area contributed by atoms with Crippen molar-refractivity contribution in [2.24, 2.45) is 5.92 Å². The highest BCUT2D eigenvalue weighted by Crippen LogP contribution is 2.37. The molecule has 5 aliphatic rings. The molecule has 5 aliphatic heterocycles. The first-order chi connectivity index (χ1) is 32.3. The van der Waals surface area contributed by atoms with Crippen molar-refractivity contribution in [3.63, 3.8) is 0 Å². The second-order valence-corrected chi connectivity index (χ2v) is 20.0. The zero-order valence-corrected chi connectivity index (χ0v) is 37.9. The minimum absolute atomic E-state index is 0.0422. The number of halogens is 2. The van der Waals surface area contributed by atoms with E-state index in [1.807, 2.05) is 24.3 Å². The minimum atomic E-state index is -4.28. The Morgan fingerprint density at radius 3 is 2.40 bits per heavy atom. The van der Waals surface area contributed by atoms with E-state index in [1.54, 1.807) is 11.1 Å². The molecule has 3 N–H and O–H groups in total. The van der Waals surface area contributed by atoms with Gasteiger partial charge >= 0.3 is 10.2 Å². The summed E-state index contributed by atoms with van der Waals surface area (Å²) in [4.78, 5) is 65.6. The number of likely N-dealkylation sites (tertiary alicyclic amines) is 1. The quantitative estimate of drug-likeness (QED) is 0.0970. The van der Waals surface area contributed by atoms with Crippen LogP contribution < -0.4 is 19.7 Å². The smallest absolute Gasteiger partial charge is 0.301 e. The van der Waals surface area contributed by atoms with Crippen LogP contribution in [0.15, 0.2) is 73.1 Å². The van der Waals surface area contributed by atoms with Gasteiger partial charge in [0.05, 0.1) is 12.8 Å². The van der Waals surface area contributed by atoms with E-state index in [2.05, 4.69) is 54.1 Å². The number of nitrogens with zero attached hydrogens (tertiary/aromatic N) is 5. The molecule has 18 heteroatoms. The van der Waals surface area contributed by atoms with Gasteiger partial charge in [-0.2, -0.15) is 12.7 Å². The summed E-state index contributed by atoms with van der Waals surface area (Å²) in [5, 5.41) is 2.83. The second kappa shape index (κ2) is 18.1. The molecule has 350 valence electrons. The third kappa shape index (κ3) is 8.77. The number of aromatic amines is 1. The minimum Gasteiger partial charge on any atom is -0.496 e. The van der Waals surface area contributed by atoms with Gasteiger partial charge in [0, 0.05) is 85.8 Å². The SMILES string of the molecule is COc1ccc(NS(=O)(=O)N2CC[C@@H](F)C2)c(F)c1C(=O)c1c[nH]c2ncc(-c3ccc(N4CCC(CN5CCC(c6ccc7c(c6)CN([C@H]6CCC(=O)NC6=O)C7=O)CC5)CC4)cc3)cc12. The summed E-state index contributed by atoms with van der Waals surface area (Å²) < 4.78 is 64.2. The molecule has 0 radical (unpaired) electrons. The molecule has 7 heterocycles. The van der Waals surface area contributed by atoms with E-state index in [4.69, 9.17) is 4.74 Å². The zero-order chi connectivity index (χ0) is 46.6. The van der Waals surface area contributed by atoms with E-state index in [9.17, 15) is 32.0 Å². The summed E-state index contributed by atoms with van der Waals surface area (Å²) in [6, 6.07) is 18.1. The Morgan fingerprint density at radius 1 is 0.910 bits per heavy atom. The number of alkyl halides is 1. The fraction of sp³-hybridized carbons (Fsp3) is 0.408. The van der Waals surface area contributed by atoms with Crippen molar-refractivity contribution in [2.75, 3.05) is 62.5 Å². The Hall–Kier alpha value is -6.24. The molecule has 0 bridgehead atoms. The number of benzene rings is 3. The molecule has 0 spiro atoms. The standard InChI is InChI=1S/C49H52F2N8O7S/c1-66-42-10-8-40(55-67(64,65)58-21-16-35(50)28-58)45(51)44(42)46(61)39-25-53-47-38(39)23-33(24-52-47)30-2-5-36(6-3-30)57-19-12-29(13-20-57)26-56-17-14-31(15-18-56)32-4-7-37-34(22-32)27-59(49(37)63)41-9-11-43(60)54-48(41)62/h2-8,10,22-25,29,31,35,41,55H,9,11-21,26-28H2,1H3,(H,52,53)(H,54,60,62)/t35-,41+/m1/s1. The molecule has 67 heavy (non-hydrogen) atoms. The maximum absolute atomic E-state index is 16.1. The van der Waals surface area contributed by atoms with Gasteiger partial charge in [-0.3, -0.25) is 29.2 Å². The van der Waals surface area contributed by atoms with Crippen molar-refractivity contribution in [1.82, 2.24) is 29.4 Å². The highest BCUT2D eigenvalue weighted by molar-refractivity contribution is 7.90. The molecule has 4 saturated heterocycles. The number of amides is 3. The lowest BCUT2D eigenvalue weighted by molar-refractivity contribution is -0.136. The van der Waals surface area contributed by atoms with Crippen LogP contribution in [-0.2, 0) is 26.3 Å². The van der Waals surface area contributed by atoms with Crippen LogP contribution in [-0.4, -0.2) is 121 Å². The number of anilines is 2. The fourth-order valence-corrected chi connectivity index (χ4v) is 11.8. The molecule has 0 unspecified atom stereocenters. The number of methoxy groups -OCH3 is 1. The van der Waals surface area contributed by atoms with Crippen molar-refractivity contribution < 1.29 is 41.1 Å². The summed E-state index contributed by atoms with van der Waals surface area (Å²) in [6.07, 6.45) is 6.77. The fourth-order valence-electron chi connectivity index (χ4n) is 10.5. The number of ether oxygens (including phenoxy) is 1. The number of rotatable bonds is 12. The van der Waals surface area contributed by atoms with Gasteiger partial charge in [-0.15, -0.1) is 0 Å². The lowest BCUT2D eigenvalue weighted by atomic mass is 9.87. The number of nitrogens with one attached hydrogen (secondary N) is 3. The first-order valence-corrected chi connectivity index (χ1v) is 24.4. The lowest BCUT2D eigenvalue weighted by Crippen LogP contribution is -2.52. The van der Waals surface area contributed by atoms with Crippen LogP contribution in [0.3, 0.4) is 0 Å². The Labute approximate surface area is 387 Å². The van der Waals surface area contributed by atoms with Gasteiger partial charge in [0.2, 0.25) is 17.6 Å². The zero-order valence-electron chi connectivity index (χ0n) is 37.1. The van der Waals surface area contributed by atoms with Crippen molar-refractivity contribution >= 4 is 56.1 Å². The van der Waals surface area contributed by atoms with Crippen molar-refractivity contribution in [1.29, 1.82) is 0 Å². The number of ketones is 1. The number of pyridine rings is 1. The molecule has 3 aromatic carbocycles. The largest absolute Gasteiger partial charge is 0.496 e. The molecule has 0 saturated carbocycles. The van der Waals surface area contributed by atoms with Gasteiger partial charge in [0.15, 0.2) is 5.82 Å². The number of imide groups is 1. The third-order valence-electron chi connectivity index (χ3n) is 14.3. The van der Waals surface area contributed by atoms with Gasteiger partial charge < -0.3 is 24.4 Å². The third-order valence-corrected chi connectivity index (χ3v) is 15.8. The van der Waals surface area contributed by atoms with Crippen LogP contribution in [0, 0.1) is 11.7 Å². The van der Waals surface area contributed by atoms with Crippen molar-refractivity contribution in [3.05, 3.63) is 107 Å². The number of piperidine rings is 3. The molecule has 15 nitrogen and oxygen atoms in total. The van der Waals surface area contributed by atoms with E-state index >= 15 is 4.39 Å². The molecule has 2 atom stereocenters. The summed E-state index contributed by atoms with van der Waals surface area (Å²) in [5.41, 5.74) is 5.26. The number of fused-ring (bicyclic) bond motifs is 2. The van der Waals surface area contributed by atoms with Gasteiger partial charge in [0.25, 0.3) is 5.91 Å². The van der Waals surface area contributed by atoms with Gasteiger partial charge in [-0.25, -0.2) is 13.8 Å². The number of hydrogen-bond donors (Lipinski definition) is 3. The molecular formula is C49H52F2N8O7S. The van der Waals surface area contributed by atoms with E-state index in [0.717, 1.165) is 85.1 Å². The Morgan fingerprint density at radius 2 is 1.69 bits per heavy atom. The van der Waals surface area contributed by atoms with Gasteiger partial charge in [-0.1, -0.05) is 24.3 Å². The summed E-state index contributed by atoms with van der Waals surface area (Å²) in [7, 11) is -2.99. The molecule has 10 rings (SSSR count). The van der Waals surface area contributed by atoms with Crippen LogP contribution >= 0.6 is 0 Å². The van der Waals surface area contributed by atoms with Crippen LogP contribution in [0.5, 0.6) is 5.75 Å². The van der Waals surface area contributed by atoms with Gasteiger partial charge in [0.1, 0.15) is 29.2 Å². The van der Waals surface area contributed by atoms with Crippen LogP contribution in [0.2, 0.25) is 0 Å². The first kappa shape index (κ1) is 44.6. The van der Waals surface area contributed by atoms with Crippen LogP contribution in [0.25, 0.3) is 22.2 Å². The second-order valence-electron chi connectivity index (χ2n) is 18.4. The molecule has 5 aromatic rings. The number of carbonyl (C=O) groups excluding carboxylic acids is 4. The van der Waals surface area contributed by atoms with E-state index in [0.29, 0.717) is 41.4 Å². The molecule has 4 fully saturated rings. The maximum atomic E-state index is 16.1.